The van der Waals surface area contributed by atoms with Crippen molar-refractivity contribution in [1.29, 1.82) is 0 Å². The zero-order valence-corrected chi connectivity index (χ0v) is 17.6. The Morgan fingerprint density at radius 2 is 1.54 bits per heavy atom. The highest BCUT2D eigenvalue weighted by molar-refractivity contribution is 5.78. The van der Waals surface area contributed by atoms with Gasteiger partial charge in [-0.25, -0.2) is 0 Å². The normalized spacial score (nSPS) is 14.7. The summed E-state index contributed by atoms with van der Waals surface area (Å²) in [6.45, 7) is 8.05. The zero-order chi connectivity index (χ0) is 19.8. The van der Waals surface area contributed by atoms with E-state index in [2.05, 4.69) is 6.92 Å². The van der Waals surface area contributed by atoms with Crippen molar-refractivity contribution in [2.24, 2.45) is 5.92 Å². The molecule has 0 fully saturated rings. The van der Waals surface area contributed by atoms with Crippen LogP contribution in [0.25, 0.3) is 0 Å². The van der Waals surface area contributed by atoms with Crippen LogP contribution in [0.4, 0.5) is 0 Å². The molecule has 0 amide bonds. The predicted octanol–water partition coefficient (Wildman–Crippen LogP) is 5.60. The Hall–Kier alpha value is -0.900. The number of carbonyl (C=O) groups is 2. The Morgan fingerprint density at radius 3 is 2.15 bits per heavy atom. The number of esters is 1. The average Bonchev–Trinajstić information content (AvgIpc) is 2.56. The van der Waals surface area contributed by atoms with Crippen LogP contribution in [0.3, 0.4) is 0 Å². The third-order valence-electron chi connectivity index (χ3n) is 5.15. The van der Waals surface area contributed by atoms with Crippen molar-refractivity contribution in [3.05, 3.63) is 0 Å². The number of Topliss-reactive ketones (excluding diaryl/α,β-unsaturated/α-hetero) is 1. The zero-order valence-electron chi connectivity index (χ0n) is 17.6. The fourth-order valence-electron chi connectivity index (χ4n) is 3.41. The summed E-state index contributed by atoms with van der Waals surface area (Å²) in [6, 6.07) is 0. The number of hydrogen-bond acceptors (Lipinski definition) is 4. The van der Waals surface area contributed by atoms with Crippen LogP contribution >= 0.6 is 0 Å². The number of hydrogen-bond donors (Lipinski definition) is 1. The molecule has 0 aliphatic carbocycles. The number of ketones is 1. The first-order valence-corrected chi connectivity index (χ1v) is 10.7. The molecule has 4 heteroatoms. The van der Waals surface area contributed by atoms with E-state index in [1.165, 1.54) is 12.8 Å². The molecule has 0 radical (unpaired) electrons. The molecule has 1 N–H and O–H groups in total. The van der Waals surface area contributed by atoms with Gasteiger partial charge >= 0.3 is 5.97 Å². The lowest BCUT2D eigenvalue weighted by Crippen LogP contribution is -2.24. The Labute approximate surface area is 161 Å². The fourth-order valence-corrected chi connectivity index (χ4v) is 3.41. The molecule has 0 aliphatic rings. The van der Waals surface area contributed by atoms with Crippen LogP contribution in [0.1, 0.15) is 111 Å². The van der Waals surface area contributed by atoms with Gasteiger partial charge in [-0.1, -0.05) is 45.4 Å². The van der Waals surface area contributed by atoms with Crippen LogP contribution in [-0.2, 0) is 14.3 Å². The summed E-state index contributed by atoms with van der Waals surface area (Å²) >= 11 is 0. The lowest BCUT2D eigenvalue weighted by atomic mass is 9.87. The molecule has 0 aromatic carbocycles. The Morgan fingerprint density at radius 1 is 0.923 bits per heavy atom. The second-order valence-electron chi connectivity index (χ2n) is 7.91. The molecule has 0 saturated heterocycles. The number of carbonyl (C=O) groups excluding carboxylic acids is 2. The van der Waals surface area contributed by atoms with E-state index in [4.69, 9.17) is 4.74 Å². The molecule has 0 aromatic rings. The van der Waals surface area contributed by atoms with Crippen LogP contribution in [0.15, 0.2) is 0 Å². The maximum Gasteiger partial charge on any atom is 0.305 e. The molecular formula is C22H42O4. The summed E-state index contributed by atoms with van der Waals surface area (Å²) in [4.78, 5) is 23.1. The summed E-state index contributed by atoms with van der Waals surface area (Å²) in [5.74, 6) is 0.272. The first kappa shape index (κ1) is 25.1. The lowest BCUT2D eigenvalue weighted by molar-refractivity contribution is -0.143. The number of unbranched alkanes of at least 4 members (excludes halogenated alkanes) is 5. The van der Waals surface area contributed by atoms with Crippen LogP contribution < -0.4 is 0 Å². The average molecular weight is 371 g/mol. The standard InChI is InChI=1S/C22H42O4/c1-5-7-12-17-22(4,25)18-13-15-20(19(3)23)14-10-8-9-11-16-21(24)26-6-2/h20,25H,5-18H2,1-4H3. The molecule has 2 unspecified atom stereocenters. The molecule has 0 spiro atoms. The lowest BCUT2D eigenvalue weighted by Gasteiger charge is -2.24. The van der Waals surface area contributed by atoms with Gasteiger partial charge in [-0.3, -0.25) is 9.59 Å². The van der Waals surface area contributed by atoms with E-state index in [0.29, 0.717) is 13.0 Å². The maximum absolute atomic E-state index is 11.9. The van der Waals surface area contributed by atoms with Crippen molar-refractivity contribution in [1.82, 2.24) is 0 Å². The molecule has 4 nitrogen and oxygen atoms in total. The van der Waals surface area contributed by atoms with E-state index in [0.717, 1.165) is 64.2 Å². The topological polar surface area (TPSA) is 63.6 Å². The number of ether oxygens (including phenoxy) is 1. The van der Waals surface area contributed by atoms with Crippen LogP contribution in [-0.4, -0.2) is 29.1 Å². The monoisotopic (exact) mass is 370 g/mol. The highest BCUT2D eigenvalue weighted by Crippen LogP contribution is 2.25. The largest absolute Gasteiger partial charge is 0.466 e. The van der Waals surface area contributed by atoms with Crippen LogP contribution in [0.2, 0.25) is 0 Å². The first-order valence-electron chi connectivity index (χ1n) is 10.7. The minimum Gasteiger partial charge on any atom is -0.466 e. The molecule has 0 aromatic heterocycles. The Bertz CT molecular complexity index is 376. The molecular weight excluding hydrogens is 328 g/mol. The van der Waals surface area contributed by atoms with Gasteiger partial charge in [-0.15, -0.1) is 0 Å². The molecule has 0 rings (SSSR count). The van der Waals surface area contributed by atoms with E-state index in [-0.39, 0.29) is 17.7 Å². The SMILES string of the molecule is CCCCCC(C)(O)CCCC(CCCCCCC(=O)OCC)C(C)=O. The van der Waals surface area contributed by atoms with Gasteiger partial charge in [0.25, 0.3) is 0 Å². The molecule has 0 heterocycles. The van der Waals surface area contributed by atoms with Crippen molar-refractivity contribution in [2.75, 3.05) is 6.61 Å². The molecule has 0 aliphatic heterocycles. The second-order valence-corrected chi connectivity index (χ2v) is 7.91. The van der Waals surface area contributed by atoms with Gasteiger partial charge in [0.2, 0.25) is 0 Å². The first-order chi connectivity index (χ1) is 12.3. The van der Waals surface area contributed by atoms with Crippen LogP contribution in [0.5, 0.6) is 0 Å². The van der Waals surface area contributed by atoms with Gasteiger partial charge in [-0.05, 0) is 59.3 Å². The van der Waals surface area contributed by atoms with Crippen molar-refractivity contribution >= 4 is 11.8 Å². The Balaban J connectivity index is 3.90. The molecule has 154 valence electrons. The fraction of sp³-hybridized carbons (Fsp3) is 0.909. The third-order valence-corrected chi connectivity index (χ3v) is 5.15. The smallest absolute Gasteiger partial charge is 0.305 e. The van der Waals surface area contributed by atoms with E-state index >= 15 is 0 Å². The van der Waals surface area contributed by atoms with Gasteiger partial charge in [0.15, 0.2) is 0 Å². The minimum atomic E-state index is -0.594. The van der Waals surface area contributed by atoms with E-state index < -0.39 is 5.60 Å². The third kappa shape index (κ3) is 14.3. The van der Waals surface area contributed by atoms with E-state index in [1.807, 2.05) is 13.8 Å². The van der Waals surface area contributed by atoms with Gasteiger partial charge in [0.1, 0.15) is 5.78 Å². The highest BCUT2D eigenvalue weighted by Gasteiger charge is 2.21. The second kappa shape index (κ2) is 15.2. The number of aliphatic hydroxyl groups is 1. The van der Waals surface area contributed by atoms with Crippen LogP contribution in [0, 0.1) is 5.92 Å². The van der Waals surface area contributed by atoms with E-state index in [1.54, 1.807) is 6.92 Å². The highest BCUT2D eigenvalue weighted by atomic mass is 16.5. The number of rotatable bonds is 17. The molecule has 0 saturated carbocycles. The van der Waals surface area contributed by atoms with Crippen molar-refractivity contribution < 1.29 is 19.4 Å². The van der Waals surface area contributed by atoms with Gasteiger partial charge in [-0.2, -0.15) is 0 Å². The van der Waals surface area contributed by atoms with E-state index in [9.17, 15) is 14.7 Å². The quantitative estimate of drug-likeness (QED) is 0.267. The van der Waals surface area contributed by atoms with Crippen molar-refractivity contribution in [2.45, 2.75) is 117 Å². The predicted molar refractivity (Wildman–Crippen MR) is 107 cm³/mol. The van der Waals surface area contributed by atoms with Gasteiger partial charge in [0, 0.05) is 12.3 Å². The molecule has 26 heavy (non-hydrogen) atoms. The van der Waals surface area contributed by atoms with Gasteiger partial charge in [0.05, 0.1) is 12.2 Å². The minimum absolute atomic E-state index is 0.111. The summed E-state index contributed by atoms with van der Waals surface area (Å²) in [5, 5.41) is 10.4. The maximum atomic E-state index is 11.9. The Kier molecular flexibility index (Phi) is 14.7. The summed E-state index contributed by atoms with van der Waals surface area (Å²) < 4.78 is 4.92. The summed E-state index contributed by atoms with van der Waals surface area (Å²) in [6.07, 6.45) is 12.2. The summed E-state index contributed by atoms with van der Waals surface area (Å²) in [7, 11) is 0. The van der Waals surface area contributed by atoms with Gasteiger partial charge < -0.3 is 9.84 Å². The molecule has 2 atom stereocenters. The van der Waals surface area contributed by atoms with Crippen molar-refractivity contribution in [3.8, 4) is 0 Å². The molecule has 0 bridgehead atoms. The summed E-state index contributed by atoms with van der Waals surface area (Å²) in [5.41, 5.74) is -0.594. The van der Waals surface area contributed by atoms with Crippen molar-refractivity contribution in [3.63, 3.8) is 0 Å².